The van der Waals surface area contributed by atoms with Crippen molar-refractivity contribution in [1.29, 1.82) is 0 Å². The van der Waals surface area contributed by atoms with Crippen LogP contribution in [0.15, 0.2) is 18.2 Å². The Bertz CT molecular complexity index is 907. The summed E-state index contributed by atoms with van der Waals surface area (Å²) < 4.78 is 31.4. The van der Waals surface area contributed by atoms with Gasteiger partial charge in [0.05, 0.1) is 19.3 Å². The Labute approximate surface area is 171 Å². The summed E-state index contributed by atoms with van der Waals surface area (Å²) in [6.07, 6.45) is -0.523. The molecule has 7 heteroatoms. The van der Waals surface area contributed by atoms with Crippen molar-refractivity contribution in [3.05, 3.63) is 46.5 Å². The van der Waals surface area contributed by atoms with Crippen LogP contribution in [0.1, 0.15) is 54.2 Å². The number of nitrogens with zero attached hydrogens (tertiary/aromatic N) is 1. The molecule has 29 heavy (non-hydrogen) atoms. The fourth-order valence-electron chi connectivity index (χ4n) is 3.34. The zero-order chi connectivity index (χ0) is 21.9. The molecule has 1 aromatic carbocycles. The van der Waals surface area contributed by atoms with Crippen molar-refractivity contribution in [2.45, 2.75) is 46.3 Å². The molecule has 0 aliphatic heterocycles. The number of anilines is 1. The summed E-state index contributed by atoms with van der Waals surface area (Å²) in [4.78, 5) is 16.7. The average molecular weight is 404 g/mol. The highest BCUT2D eigenvalue weighted by atomic mass is 19.1. The molecule has 0 fully saturated rings. The van der Waals surface area contributed by atoms with Crippen molar-refractivity contribution in [3.8, 4) is 11.1 Å². The van der Waals surface area contributed by atoms with Crippen LogP contribution in [0.25, 0.3) is 11.1 Å². The van der Waals surface area contributed by atoms with Gasteiger partial charge in [0.25, 0.3) is 0 Å². The number of aromatic nitrogens is 1. The molecule has 158 valence electrons. The number of methoxy groups -OCH3 is 2. The monoisotopic (exact) mass is 404 g/mol. The number of aryl methyl sites for hydroxylation is 1. The second-order valence-electron chi connectivity index (χ2n) is 7.86. The van der Waals surface area contributed by atoms with Crippen molar-refractivity contribution in [2.75, 3.05) is 26.6 Å². The summed E-state index contributed by atoms with van der Waals surface area (Å²) in [6.45, 7) is 9.50. The number of halogens is 1. The van der Waals surface area contributed by atoms with E-state index < -0.39 is 23.5 Å². The van der Waals surface area contributed by atoms with Gasteiger partial charge >= 0.3 is 5.97 Å². The number of hydrogen-bond acceptors (Lipinski definition) is 6. The molecule has 1 heterocycles. The minimum Gasteiger partial charge on any atom is -0.464 e. The minimum atomic E-state index is -0.589. The zero-order valence-electron chi connectivity index (χ0n) is 18.1. The van der Waals surface area contributed by atoms with Gasteiger partial charge in [0.2, 0.25) is 0 Å². The normalized spacial score (nSPS) is 12.7. The summed E-state index contributed by atoms with van der Waals surface area (Å²) in [5.41, 5.74) is 8.22. The zero-order valence-corrected chi connectivity index (χ0v) is 18.1. The van der Waals surface area contributed by atoms with Crippen molar-refractivity contribution in [2.24, 2.45) is 0 Å². The first kappa shape index (κ1) is 22.8. The van der Waals surface area contributed by atoms with Gasteiger partial charge in [-0.3, -0.25) is 0 Å². The first-order chi connectivity index (χ1) is 13.5. The lowest BCUT2D eigenvalue weighted by molar-refractivity contribution is -0.0887. The van der Waals surface area contributed by atoms with E-state index in [2.05, 4.69) is 4.98 Å². The first-order valence-corrected chi connectivity index (χ1v) is 9.31. The van der Waals surface area contributed by atoms with Gasteiger partial charge in [-0.15, -0.1) is 0 Å². The molecule has 2 aromatic rings. The van der Waals surface area contributed by atoms with Crippen molar-refractivity contribution < 1.29 is 23.4 Å². The smallest absolute Gasteiger partial charge is 0.356 e. The van der Waals surface area contributed by atoms with Gasteiger partial charge in [-0.2, -0.15) is 0 Å². The van der Waals surface area contributed by atoms with Gasteiger partial charge in [0.1, 0.15) is 11.9 Å². The van der Waals surface area contributed by atoms with Crippen LogP contribution in [0.4, 0.5) is 10.1 Å². The quantitative estimate of drug-likeness (QED) is 0.568. The fourth-order valence-corrected chi connectivity index (χ4v) is 3.34. The average Bonchev–Trinajstić information content (AvgIpc) is 2.61. The molecule has 0 radical (unpaired) electrons. The third-order valence-electron chi connectivity index (χ3n) is 4.45. The third kappa shape index (κ3) is 5.10. The van der Waals surface area contributed by atoms with Gasteiger partial charge < -0.3 is 19.9 Å². The Balaban J connectivity index is 2.88. The van der Waals surface area contributed by atoms with Crippen LogP contribution in [-0.4, -0.2) is 37.4 Å². The molecule has 1 atom stereocenters. The summed E-state index contributed by atoms with van der Waals surface area (Å²) in [5.74, 6) is -1.09. The van der Waals surface area contributed by atoms with E-state index in [1.165, 1.54) is 13.2 Å². The molecule has 2 rings (SSSR count). The van der Waals surface area contributed by atoms with Crippen LogP contribution in [0.5, 0.6) is 0 Å². The highest BCUT2D eigenvalue weighted by Crippen LogP contribution is 2.39. The van der Waals surface area contributed by atoms with Crippen molar-refractivity contribution in [3.63, 3.8) is 0 Å². The van der Waals surface area contributed by atoms with Gasteiger partial charge in [-0.1, -0.05) is 0 Å². The van der Waals surface area contributed by atoms with E-state index in [1.807, 2.05) is 20.8 Å². The highest BCUT2D eigenvalue weighted by molar-refractivity contribution is 5.92. The van der Waals surface area contributed by atoms with Gasteiger partial charge in [-0.05, 0) is 63.9 Å². The van der Waals surface area contributed by atoms with Crippen LogP contribution in [-0.2, 0) is 14.2 Å². The van der Waals surface area contributed by atoms with Gasteiger partial charge in [0.15, 0.2) is 5.69 Å². The molecular formula is C22H29FN2O4. The first-order valence-electron chi connectivity index (χ1n) is 9.31. The number of carbonyl (C=O) groups is 1. The Hall–Kier alpha value is -2.51. The van der Waals surface area contributed by atoms with E-state index in [1.54, 1.807) is 33.1 Å². The molecule has 1 unspecified atom stereocenters. The summed E-state index contributed by atoms with van der Waals surface area (Å²) in [7, 11) is 2.85. The van der Waals surface area contributed by atoms with Crippen LogP contribution < -0.4 is 5.73 Å². The van der Waals surface area contributed by atoms with Gasteiger partial charge in [0, 0.05) is 29.6 Å². The summed E-state index contributed by atoms with van der Waals surface area (Å²) >= 11 is 0. The Morgan fingerprint density at radius 3 is 2.41 bits per heavy atom. The maximum absolute atomic E-state index is 14.9. The highest BCUT2D eigenvalue weighted by Gasteiger charge is 2.30. The lowest BCUT2D eigenvalue weighted by Gasteiger charge is -2.30. The molecule has 0 spiro atoms. The molecule has 6 nitrogen and oxygen atoms in total. The van der Waals surface area contributed by atoms with Crippen molar-refractivity contribution in [1.82, 2.24) is 4.98 Å². The van der Waals surface area contributed by atoms with E-state index in [0.717, 1.165) is 0 Å². The van der Waals surface area contributed by atoms with Crippen molar-refractivity contribution >= 4 is 11.7 Å². The number of nitrogens with two attached hydrogens (primary N) is 1. The maximum Gasteiger partial charge on any atom is 0.356 e. The summed E-state index contributed by atoms with van der Waals surface area (Å²) in [6, 6.07) is 4.46. The Morgan fingerprint density at radius 2 is 1.90 bits per heavy atom. The van der Waals surface area contributed by atoms with E-state index in [0.29, 0.717) is 33.6 Å². The number of esters is 1. The second-order valence-corrected chi connectivity index (χ2v) is 7.86. The molecule has 1 aromatic heterocycles. The lowest BCUT2D eigenvalue weighted by atomic mass is 9.89. The van der Waals surface area contributed by atoms with Crippen LogP contribution in [0.3, 0.4) is 0 Å². The Kier molecular flexibility index (Phi) is 6.97. The van der Waals surface area contributed by atoms with Crippen LogP contribution in [0, 0.1) is 19.7 Å². The molecular weight excluding hydrogens is 375 g/mol. The molecule has 0 aliphatic rings. The van der Waals surface area contributed by atoms with Crippen LogP contribution in [0.2, 0.25) is 0 Å². The maximum atomic E-state index is 14.9. The molecule has 0 saturated carbocycles. The van der Waals surface area contributed by atoms with E-state index >= 15 is 0 Å². The van der Waals surface area contributed by atoms with E-state index in [9.17, 15) is 9.18 Å². The number of benzene rings is 1. The predicted octanol–water partition coefficient (Wildman–Crippen LogP) is 4.38. The fraction of sp³-hybridized carbons (Fsp3) is 0.455. The predicted molar refractivity (Wildman–Crippen MR) is 110 cm³/mol. The van der Waals surface area contributed by atoms with Crippen LogP contribution >= 0.6 is 0 Å². The topological polar surface area (TPSA) is 83.7 Å². The van der Waals surface area contributed by atoms with Gasteiger partial charge in [-0.25, -0.2) is 14.2 Å². The number of pyridine rings is 1. The molecule has 0 bridgehead atoms. The number of ether oxygens (including phenoxy) is 3. The number of rotatable bonds is 6. The third-order valence-corrected chi connectivity index (χ3v) is 4.45. The molecule has 2 N–H and O–H groups in total. The number of nitrogen functional groups attached to an aromatic ring is 1. The molecule has 0 saturated heterocycles. The largest absolute Gasteiger partial charge is 0.464 e. The Morgan fingerprint density at radius 1 is 1.24 bits per heavy atom. The minimum absolute atomic E-state index is 0.131. The van der Waals surface area contributed by atoms with E-state index in [4.69, 9.17) is 19.9 Å². The van der Waals surface area contributed by atoms with E-state index in [-0.39, 0.29) is 12.3 Å². The number of carbonyl (C=O) groups excluding carboxylic acids is 1. The lowest BCUT2D eigenvalue weighted by Crippen LogP contribution is -2.27. The standard InChI is InChI=1S/C22H29FN2O4/c1-12-18(15-9-8-14(24)10-16(15)23)19(13(2)25-20(12)21(26)28-7)17(11-27-6)29-22(3,4)5/h8-10,17H,11,24H2,1-7H3. The molecule has 0 amide bonds. The number of hydrogen-bond donors (Lipinski definition) is 1. The second kappa shape index (κ2) is 8.88. The molecule has 0 aliphatic carbocycles. The summed E-state index contributed by atoms with van der Waals surface area (Å²) in [5, 5.41) is 0. The SMILES string of the molecule is COCC(OC(C)(C)C)c1c(C)nc(C(=O)OC)c(C)c1-c1ccc(N)cc1F.